The normalized spacial score (nSPS) is 10.0. The third-order valence-electron chi connectivity index (χ3n) is 2.64. The maximum atomic E-state index is 13.0. The van der Waals surface area contributed by atoms with Crippen LogP contribution in [0, 0.1) is 5.82 Å². The first kappa shape index (κ1) is 16.8. The number of halogens is 2. The minimum Gasteiger partial charge on any atom is -0.482 e. The van der Waals surface area contributed by atoms with E-state index in [1.54, 1.807) is 24.3 Å². The summed E-state index contributed by atoms with van der Waals surface area (Å²) in [4.78, 5) is 23.1. The second-order valence-electron chi connectivity index (χ2n) is 4.46. The van der Waals surface area contributed by atoms with Crippen molar-refractivity contribution in [3.05, 3.63) is 59.4 Å². The van der Waals surface area contributed by atoms with Crippen molar-refractivity contribution in [1.29, 1.82) is 0 Å². The highest BCUT2D eigenvalue weighted by Gasteiger charge is 2.09. The Morgan fingerprint density at radius 3 is 2.52 bits per heavy atom. The molecule has 0 fully saturated rings. The van der Waals surface area contributed by atoms with Gasteiger partial charge in [-0.05, 0) is 42.5 Å². The monoisotopic (exact) mass is 337 g/mol. The quantitative estimate of drug-likeness (QED) is 0.823. The first-order chi connectivity index (χ1) is 11.0. The fraction of sp³-hybridized carbons (Fsp3) is 0.125. The van der Waals surface area contributed by atoms with E-state index in [1.165, 1.54) is 18.2 Å². The Bertz CT molecular complexity index is 691. The predicted molar refractivity (Wildman–Crippen MR) is 82.9 cm³/mol. The van der Waals surface area contributed by atoms with Crippen LogP contribution in [-0.4, -0.2) is 25.1 Å². The van der Waals surface area contributed by atoms with E-state index in [4.69, 9.17) is 21.1 Å². The highest BCUT2D eigenvalue weighted by atomic mass is 35.5. The number of anilines is 1. The molecule has 0 unspecified atom stereocenters. The van der Waals surface area contributed by atoms with E-state index >= 15 is 0 Å². The number of carbonyl (C=O) groups is 2. The molecule has 0 saturated carbocycles. The molecule has 0 spiro atoms. The molecule has 0 aliphatic heterocycles. The second-order valence-corrected chi connectivity index (χ2v) is 4.90. The molecule has 5 nitrogen and oxygen atoms in total. The van der Waals surface area contributed by atoms with E-state index in [1.807, 2.05) is 0 Å². The molecule has 23 heavy (non-hydrogen) atoms. The summed E-state index contributed by atoms with van der Waals surface area (Å²) in [5.41, 5.74) is 0.281. The highest BCUT2D eigenvalue weighted by Crippen LogP contribution is 2.15. The molecule has 2 aromatic carbocycles. The summed E-state index contributed by atoms with van der Waals surface area (Å²) in [6.07, 6.45) is 0. The molecule has 0 bridgehead atoms. The summed E-state index contributed by atoms with van der Waals surface area (Å²) in [6.45, 7) is -0.825. The molecule has 0 saturated heterocycles. The van der Waals surface area contributed by atoms with Crippen LogP contribution in [0.15, 0.2) is 48.5 Å². The predicted octanol–water partition coefficient (Wildman–Crippen LogP) is 3.04. The van der Waals surface area contributed by atoms with E-state index in [0.717, 1.165) is 6.07 Å². The molecule has 2 rings (SSSR count). The zero-order valence-electron chi connectivity index (χ0n) is 11.9. The number of esters is 1. The molecule has 0 radical (unpaired) electrons. The summed E-state index contributed by atoms with van der Waals surface area (Å²) in [5.74, 6) is -1.29. The van der Waals surface area contributed by atoms with Gasteiger partial charge in [-0.25, -0.2) is 9.18 Å². The molecule has 1 amide bonds. The van der Waals surface area contributed by atoms with Crippen molar-refractivity contribution in [2.75, 3.05) is 18.5 Å². The number of hydrogen-bond donors (Lipinski definition) is 1. The fourth-order valence-electron chi connectivity index (χ4n) is 1.62. The van der Waals surface area contributed by atoms with Crippen LogP contribution < -0.4 is 10.1 Å². The minimum atomic E-state index is -0.700. The molecule has 0 aliphatic rings. The smallest absolute Gasteiger partial charge is 0.344 e. The van der Waals surface area contributed by atoms with Crippen molar-refractivity contribution in [3.8, 4) is 5.75 Å². The lowest BCUT2D eigenvalue weighted by atomic mass is 10.3. The average Bonchev–Trinajstić information content (AvgIpc) is 2.52. The summed E-state index contributed by atoms with van der Waals surface area (Å²) >= 11 is 5.72. The van der Waals surface area contributed by atoms with Crippen LogP contribution in [0.25, 0.3) is 0 Å². The highest BCUT2D eigenvalue weighted by molar-refractivity contribution is 6.30. The number of rotatable bonds is 6. The van der Waals surface area contributed by atoms with Gasteiger partial charge in [0.05, 0.1) is 0 Å². The Morgan fingerprint density at radius 2 is 1.83 bits per heavy atom. The van der Waals surface area contributed by atoms with Crippen molar-refractivity contribution in [2.24, 2.45) is 0 Å². The molecular weight excluding hydrogens is 325 g/mol. The Morgan fingerprint density at radius 1 is 1.09 bits per heavy atom. The Balaban J connectivity index is 1.71. The minimum absolute atomic E-state index is 0.281. The van der Waals surface area contributed by atoms with Crippen LogP contribution in [0.3, 0.4) is 0 Å². The molecule has 120 valence electrons. The largest absolute Gasteiger partial charge is 0.482 e. The molecule has 7 heteroatoms. The van der Waals surface area contributed by atoms with Crippen LogP contribution in [0.2, 0.25) is 5.02 Å². The molecular formula is C16H13ClFNO4. The van der Waals surface area contributed by atoms with Gasteiger partial charge in [0.15, 0.2) is 13.2 Å². The average molecular weight is 338 g/mol. The topological polar surface area (TPSA) is 64.6 Å². The maximum Gasteiger partial charge on any atom is 0.344 e. The van der Waals surface area contributed by atoms with E-state index in [0.29, 0.717) is 10.8 Å². The van der Waals surface area contributed by atoms with Gasteiger partial charge < -0.3 is 14.8 Å². The zero-order valence-corrected chi connectivity index (χ0v) is 12.7. The summed E-state index contributed by atoms with van der Waals surface area (Å²) in [6, 6.07) is 11.8. The number of amides is 1. The van der Waals surface area contributed by atoms with Crippen molar-refractivity contribution >= 4 is 29.2 Å². The third kappa shape index (κ3) is 5.96. The number of benzene rings is 2. The van der Waals surface area contributed by atoms with E-state index in [-0.39, 0.29) is 12.3 Å². The lowest BCUT2D eigenvalue weighted by Crippen LogP contribution is -2.23. The lowest BCUT2D eigenvalue weighted by Gasteiger charge is -2.08. The van der Waals surface area contributed by atoms with Gasteiger partial charge in [-0.15, -0.1) is 0 Å². The first-order valence-electron chi connectivity index (χ1n) is 6.62. The molecule has 0 aliphatic carbocycles. The summed E-state index contributed by atoms with van der Waals surface area (Å²) in [7, 11) is 0. The standard InChI is InChI=1S/C16H13ClFNO4/c17-11-4-6-14(7-5-11)22-10-16(21)23-9-15(20)19-13-3-1-2-12(18)8-13/h1-8H,9-10H2,(H,19,20). The van der Waals surface area contributed by atoms with Gasteiger partial charge in [0.25, 0.3) is 5.91 Å². The maximum absolute atomic E-state index is 13.0. The molecule has 0 atom stereocenters. The van der Waals surface area contributed by atoms with Crippen LogP contribution in [0.5, 0.6) is 5.75 Å². The zero-order chi connectivity index (χ0) is 16.7. The van der Waals surface area contributed by atoms with Gasteiger partial charge >= 0.3 is 5.97 Å². The van der Waals surface area contributed by atoms with Crippen LogP contribution in [-0.2, 0) is 14.3 Å². The Kier molecular flexibility index (Phi) is 5.94. The van der Waals surface area contributed by atoms with Gasteiger partial charge in [0.1, 0.15) is 11.6 Å². The van der Waals surface area contributed by atoms with Gasteiger partial charge in [0.2, 0.25) is 0 Å². The summed E-state index contributed by atoms with van der Waals surface area (Å²) in [5, 5.41) is 2.96. The van der Waals surface area contributed by atoms with Crippen LogP contribution in [0.1, 0.15) is 0 Å². The molecule has 0 heterocycles. The van der Waals surface area contributed by atoms with Crippen molar-refractivity contribution in [1.82, 2.24) is 0 Å². The van der Waals surface area contributed by atoms with Crippen molar-refractivity contribution in [2.45, 2.75) is 0 Å². The van der Waals surface area contributed by atoms with Crippen LogP contribution >= 0.6 is 11.6 Å². The number of nitrogens with one attached hydrogen (secondary N) is 1. The molecule has 0 aromatic heterocycles. The Labute approximate surface area is 137 Å². The van der Waals surface area contributed by atoms with E-state index in [9.17, 15) is 14.0 Å². The first-order valence-corrected chi connectivity index (χ1v) is 7.00. The lowest BCUT2D eigenvalue weighted by molar-refractivity contribution is -0.149. The number of carbonyl (C=O) groups excluding carboxylic acids is 2. The number of hydrogen-bond acceptors (Lipinski definition) is 4. The molecule has 2 aromatic rings. The number of ether oxygens (including phenoxy) is 2. The fourth-order valence-corrected chi connectivity index (χ4v) is 1.75. The van der Waals surface area contributed by atoms with Gasteiger partial charge in [-0.2, -0.15) is 0 Å². The third-order valence-corrected chi connectivity index (χ3v) is 2.89. The second kappa shape index (κ2) is 8.14. The summed E-state index contributed by atoms with van der Waals surface area (Å²) < 4.78 is 22.9. The van der Waals surface area contributed by atoms with E-state index < -0.39 is 24.3 Å². The van der Waals surface area contributed by atoms with Gasteiger partial charge in [0, 0.05) is 10.7 Å². The molecule has 1 N–H and O–H groups in total. The van der Waals surface area contributed by atoms with Gasteiger partial charge in [-0.1, -0.05) is 17.7 Å². The van der Waals surface area contributed by atoms with Gasteiger partial charge in [-0.3, -0.25) is 4.79 Å². The Hall–Kier alpha value is -2.60. The van der Waals surface area contributed by atoms with Crippen molar-refractivity contribution in [3.63, 3.8) is 0 Å². The van der Waals surface area contributed by atoms with Crippen molar-refractivity contribution < 1.29 is 23.5 Å². The van der Waals surface area contributed by atoms with Crippen LogP contribution in [0.4, 0.5) is 10.1 Å². The SMILES string of the molecule is O=C(COC(=O)COc1ccc(Cl)cc1)Nc1cccc(F)c1. The van der Waals surface area contributed by atoms with E-state index in [2.05, 4.69) is 5.32 Å².